The molecule has 0 bridgehead atoms. The highest BCUT2D eigenvalue weighted by Gasteiger charge is 2.65. The molecule has 3 saturated heterocycles. The Hall–Kier alpha value is -3.81. The first-order chi connectivity index (χ1) is 17.1. The number of urea groups is 1. The molecule has 3 fully saturated rings. The molecule has 1 spiro atoms. The number of amides is 5. The lowest BCUT2D eigenvalue weighted by molar-refractivity contribution is -0.170. The molecular formula is C22H21F2N5O7. The number of cyclic esters (lactones) is 1. The Morgan fingerprint density at radius 1 is 1.19 bits per heavy atom. The molecule has 0 saturated carbocycles. The average molecular weight is 505 g/mol. The summed E-state index contributed by atoms with van der Waals surface area (Å²) in [5, 5.41) is 5.73. The van der Waals surface area contributed by atoms with Gasteiger partial charge in [0.2, 0.25) is 5.91 Å². The number of halogens is 2. The summed E-state index contributed by atoms with van der Waals surface area (Å²) in [6, 6.07) is 0.911. The number of rotatable bonds is 2. The molecule has 1 aromatic heterocycles. The van der Waals surface area contributed by atoms with Crippen molar-refractivity contribution in [2.24, 2.45) is 5.41 Å². The van der Waals surface area contributed by atoms with Gasteiger partial charge in [0.1, 0.15) is 12.8 Å². The van der Waals surface area contributed by atoms with Gasteiger partial charge in [-0.25, -0.2) is 14.0 Å². The number of carbonyl (C=O) groups excluding carboxylic acids is 4. The number of nitrogens with zero attached hydrogens (tertiary/aromatic N) is 4. The topological polar surface area (TPSA) is 135 Å². The van der Waals surface area contributed by atoms with E-state index in [2.05, 4.69) is 5.16 Å². The van der Waals surface area contributed by atoms with Gasteiger partial charge in [-0.1, -0.05) is 14.8 Å². The Labute approximate surface area is 201 Å². The van der Waals surface area contributed by atoms with Gasteiger partial charge in [-0.2, -0.15) is 0 Å². The van der Waals surface area contributed by atoms with Crippen LogP contribution in [0.3, 0.4) is 0 Å². The monoisotopic (exact) mass is 505 g/mol. The smallest absolute Gasteiger partial charge is 0.416 e. The molecule has 14 heteroatoms. The lowest BCUT2D eigenvalue weighted by Gasteiger charge is -2.55. The summed E-state index contributed by atoms with van der Waals surface area (Å²) in [5.74, 6) is -2.10. The minimum Gasteiger partial charge on any atom is -0.441 e. The molecule has 4 aliphatic rings. The van der Waals surface area contributed by atoms with E-state index < -0.39 is 59.4 Å². The molecular weight excluding hydrogens is 484 g/mol. The van der Waals surface area contributed by atoms with Crippen molar-refractivity contribution in [3.8, 4) is 0 Å². The molecule has 1 unspecified atom stereocenters. The van der Waals surface area contributed by atoms with E-state index in [4.69, 9.17) is 14.0 Å². The normalized spacial score (nSPS) is 32.2. The number of aromatic nitrogens is 1. The molecule has 4 aliphatic heterocycles. The zero-order valence-electron chi connectivity index (χ0n) is 19.2. The fourth-order valence-corrected chi connectivity index (χ4v) is 5.87. The van der Waals surface area contributed by atoms with Gasteiger partial charge in [0.05, 0.1) is 30.2 Å². The van der Waals surface area contributed by atoms with E-state index in [1.807, 2.05) is 12.2 Å². The maximum absolute atomic E-state index is 14.6. The Bertz CT molecular complexity index is 1330. The second-order valence-electron chi connectivity index (χ2n) is 9.50. The number of alkyl halides is 1. The highest BCUT2D eigenvalue weighted by Crippen LogP contribution is 2.49. The van der Waals surface area contributed by atoms with Gasteiger partial charge in [-0.05, 0) is 25.5 Å². The molecule has 190 valence electrons. The molecule has 5 amide bonds. The first-order valence-corrected chi connectivity index (χ1v) is 11.4. The van der Waals surface area contributed by atoms with Crippen LogP contribution in [0.25, 0.3) is 11.0 Å². The molecule has 0 aliphatic carbocycles. The number of hydrogen-bond donors (Lipinski definition) is 1. The van der Waals surface area contributed by atoms with Crippen LogP contribution in [-0.2, 0) is 25.5 Å². The summed E-state index contributed by atoms with van der Waals surface area (Å²) < 4.78 is 44.1. The van der Waals surface area contributed by atoms with Crippen LogP contribution >= 0.6 is 0 Å². The second-order valence-corrected chi connectivity index (χ2v) is 9.50. The minimum absolute atomic E-state index is 0.0711. The van der Waals surface area contributed by atoms with Crippen LogP contribution in [-0.4, -0.2) is 78.3 Å². The lowest BCUT2D eigenvalue weighted by Crippen LogP contribution is -2.74. The van der Waals surface area contributed by atoms with Crippen molar-refractivity contribution in [1.29, 1.82) is 0 Å². The number of carbonyl (C=O) groups is 4. The Kier molecular flexibility index (Phi) is 4.78. The van der Waals surface area contributed by atoms with Crippen molar-refractivity contribution in [1.82, 2.24) is 15.6 Å². The van der Waals surface area contributed by atoms with Crippen LogP contribution in [0, 0.1) is 5.41 Å². The van der Waals surface area contributed by atoms with Gasteiger partial charge >= 0.3 is 12.1 Å². The van der Waals surface area contributed by atoms with Gasteiger partial charge < -0.3 is 18.9 Å². The van der Waals surface area contributed by atoms with Crippen LogP contribution in [0.2, 0.25) is 0 Å². The fourth-order valence-electron chi connectivity index (χ4n) is 5.87. The molecule has 12 nitrogen and oxygen atoms in total. The quantitative estimate of drug-likeness (QED) is 0.477. The third-order valence-corrected chi connectivity index (χ3v) is 7.28. The number of barbiturate groups is 1. The summed E-state index contributed by atoms with van der Waals surface area (Å²) in [6.45, 7) is 2.85. The highest BCUT2D eigenvalue weighted by molar-refractivity contribution is 6.20. The number of imide groups is 2. The number of ether oxygens (including phenoxy) is 2. The predicted molar refractivity (Wildman–Crippen MR) is 116 cm³/mol. The van der Waals surface area contributed by atoms with E-state index in [-0.39, 0.29) is 31.4 Å². The second kappa shape index (κ2) is 7.59. The maximum atomic E-state index is 14.6. The van der Waals surface area contributed by atoms with Crippen molar-refractivity contribution >= 4 is 46.4 Å². The number of benzene rings is 1. The van der Waals surface area contributed by atoms with Crippen LogP contribution in [0.1, 0.15) is 19.4 Å². The summed E-state index contributed by atoms with van der Waals surface area (Å²) in [7, 11) is 0. The van der Waals surface area contributed by atoms with Gasteiger partial charge in [0.25, 0.3) is 5.91 Å². The van der Waals surface area contributed by atoms with Gasteiger partial charge in [0, 0.05) is 24.7 Å². The fraction of sp³-hybridized carbons (Fsp3) is 0.500. The molecule has 5 heterocycles. The minimum atomic E-state index is -1.99. The van der Waals surface area contributed by atoms with Crippen LogP contribution < -0.4 is 15.1 Å². The SMILES string of the molecule is C[C@@H]1CN2c3cc4onc(N5C[C@@H](CF)OC5=O)c4cc3CC3(C(=O)NC(=O)N(F)C3=O)[C@H]2[C@H](C)O1. The van der Waals surface area contributed by atoms with Crippen LogP contribution in [0.4, 0.5) is 30.0 Å². The van der Waals surface area contributed by atoms with Gasteiger partial charge in [-0.3, -0.25) is 19.8 Å². The van der Waals surface area contributed by atoms with E-state index in [9.17, 15) is 28.0 Å². The third kappa shape index (κ3) is 2.90. The third-order valence-electron chi connectivity index (χ3n) is 7.28. The Morgan fingerprint density at radius 3 is 2.69 bits per heavy atom. The van der Waals surface area contributed by atoms with Crippen molar-refractivity contribution in [2.45, 2.75) is 44.6 Å². The number of anilines is 2. The van der Waals surface area contributed by atoms with Crippen molar-refractivity contribution in [2.75, 3.05) is 29.6 Å². The van der Waals surface area contributed by atoms with Crippen molar-refractivity contribution in [3.63, 3.8) is 0 Å². The summed E-state index contributed by atoms with van der Waals surface area (Å²) in [4.78, 5) is 53.6. The molecule has 2 aromatic rings. The molecule has 36 heavy (non-hydrogen) atoms. The van der Waals surface area contributed by atoms with Gasteiger partial charge in [-0.15, -0.1) is 0 Å². The number of fused-ring (bicyclic) bond motifs is 5. The predicted octanol–water partition coefficient (Wildman–Crippen LogP) is 1.61. The number of morpholine rings is 1. The van der Waals surface area contributed by atoms with E-state index in [1.165, 1.54) is 0 Å². The maximum Gasteiger partial charge on any atom is 0.416 e. The standard InChI is InChI=1S/C22H21F2N5O7/c1-9-7-27-14-4-15-13(17(26-36-15)28-8-12(6-23)35-21(28)33)3-11(14)5-22(16(27)10(2)34-9)18(30)25-20(32)29(24)19(22)31/h3-4,9-10,12,16H,5-8H2,1-2H3,(H,25,30,32)/t9-,10+,12-,16-,22?/m1/s1. The van der Waals surface area contributed by atoms with Crippen molar-refractivity contribution in [3.05, 3.63) is 17.7 Å². The van der Waals surface area contributed by atoms with E-state index in [0.717, 1.165) is 4.90 Å². The first kappa shape index (κ1) is 22.6. The summed E-state index contributed by atoms with van der Waals surface area (Å²) >= 11 is 0. The zero-order chi connectivity index (χ0) is 25.5. The Balaban J connectivity index is 1.52. The number of hydrogen-bond acceptors (Lipinski definition) is 9. The average Bonchev–Trinajstić information content (AvgIpc) is 3.42. The van der Waals surface area contributed by atoms with Gasteiger partial charge in [0.15, 0.2) is 16.8 Å². The molecule has 5 atom stereocenters. The van der Waals surface area contributed by atoms with E-state index >= 15 is 0 Å². The van der Waals surface area contributed by atoms with E-state index in [1.54, 1.807) is 24.0 Å². The first-order valence-electron chi connectivity index (χ1n) is 11.4. The highest BCUT2D eigenvalue weighted by atomic mass is 19.2. The lowest BCUT2D eigenvalue weighted by atomic mass is 9.66. The summed E-state index contributed by atoms with van der Waals surface area (Å²) in [6.07, 6.45) is -2.94. The molecule has 0 radical (unpaired) electrons. The van der Waals surface area contributed by atoms with Crippen molar-refractivity contribution < 1.29 is 42.0 Å². The van der Waals surface area contributed by atoms with Crippen LogP contribution in [0.5, 0.6) is 0 Å². The summed E-state index contributed by atoms with van der Waals surface area (Å²) in [5.41, 5.74) is -0.586. The molecule has 1 aromatic carbocycles. The van der Waals surface area contributed by atoms with E-state index in [0.29, 0.717) is 22.2 Å². The number of nitrogens with one attached hydrogen (secondary N) is 1. The van der Waals surface area contributed by atoms with Crippen LogP contribution in [0.15, 0.2) is 16.7 Å². The molecule has 6 rings (SSSR count). The largest absolute Gasteiger partial charge is 0.441 e. The molecule has 1 N–H and O–H groups in total. The zero-order valence-corrected chi connectivity index (χ0v) is 19.2. The Morgan fingerprint density at radius 2 is 1.97 bits per heavy atom.